The Balaban J connectivity index is 2.19. The summed E-state index contributed by atoms with van der Waals surface area (Å²) in [6.45, 7) is 0. The summed E-state index contributed by atoms with van der Waals surface area (Å²) in [6.07, 6.45) is 2.81. The Morgan fingerprint density at radius 2 is 1.79 bits per heavy atom. The molecule has 6 nitrogen and oxygen atoms in total. The molecule has 0 saturated heterocycles. The highest BCUT2D eigenvalue weighted by molar-refractivity contribution is 7.90. The summed E-state index contributed by atoms with van der Waals surface area (Å²) in [5.74, 6) is 1.14. The van der Waals surface area contributed by atoms with E-state index in [1.165, 1.54) is 6.26 Å². The van der Waals surface area contributed by atoms with Gasteiger partial charge < -0.3 is 10.6 Å². The third kappa shape index (κ3) is 3.41. The molecule has 19 heavy (non-hydrogen) atoms. The van der Waals surface area contributed by atoms with Gasteiger partial charge in [-0.25, -0.2) is 13.4 Å². The fourth-order valence-electron chi connectivity index (χ4n) is 1.48. The molecule has 0 spiro atoms. The normalized spacial score (nSPS) is 11.1. The molecular weight excluding hydrogens is 264 g/mol. The van der Waals surface area contributed by atoms with E-state index < -0.39 is 9.84 Å². The monoisotopic (exact) mass is 278 g/mol. The number of sulfone groups is 1. The molecule has 2 rings (SSSR count). The average Bonchev–Trinajstić information content (AvgIpc) is 2.38. The number of nitrogens with one attached hydrogen (secondary N) is 2. The zero-order chi connectivity index (χ0) is 13.9. The number of aromatic nitrogens is 2. The lowest BCUT2D eigenvalue weighted by atomic mass is 10.3. The van der Waals surface area contributed by atoms with Gasteiger partial charge in [-0.05, 0) is 30.3 Å². The summed E-state index contributed by atoms with van der Waals surface area (Å²) in [4.78, 5) is 8.50. The standard InChI is InChI=1S/C12H14N4O2S/c1-13-12-14-8-7-11(16-12)15-9-3-5-10(6-4-9)19(2,17)18/h3-8H,1-2H3,(H2,13,14,15,16). The Hall–Kier alpha value is -2.15. The number of hydrogen-bond donors (Lipinski definition) is 2. The highest BCUT2D eigenvalue weighted by atomic mass is 32.2. The molecule has 1 aromatic carbocycles. The fourth-order valence-corrected chi connectivity index (χ4v) is 2.11. The van der Waals surface area contributed by atoms with E-state index in [0.29, 0.717) is 11.8 Å². The maximum atomic E-state index is 11.3. The van der Waals surface area contributed by atoms with Crippen LogP contribution < -0.4 is 10.6 Å². The number of benzene rings is 1. The molecule has 0 atom stereocenters. The van der Waals surface area contributed by atoms with Crippen LogP contribution in [0.15, 0.2) is 41.4 Å². The van der Waals surface area contributed by atoms with E-state index in [2.05, 4.69) is 20.6 Å². The van der Waals surface area contributed by atoms with Gasteiger partial charge in [-0.3, -0.25) is 0 Å². The van der Waals surface area contributed by atoms with E-state index in [1.54, 1.807) is 43.6 Å². The second-order valence-corrected chi connectivity index (χ2v) is 5.95. The Morgan fingerprint density at radius 1 is 1.11 bits per heavy atom. The van der Waals surface area contributed by atoms with Crippen molar-refractivity contribution in [2.75, 3.05) is 23.9 Å². The molecule has 0 fully saturated rings. The van der Waals surface area contributed by atoms with E-state index in [9.17, 15) is 8.42 Å². The van der Waals surface area contributed by atoms with Crippen LogP contribution in [0, 0.1) is 0 Å². The van der Waals surface area contributed by atoms with Crippen molar-refractivity contribution in [3.63, 3.8) is 0 Å². The topological polar surface area (TPSA) is 84.0 Å². The van der Waals surface area contributed by atoms with Gasteiger partial charge in [0.2, 0.25) is 5.95 Å². The van der Waals surface area contributed by atoms with E-state index in [1.807, 2.05) is 0 Å². The Labute approximate surface area is 111 Å². The zero-order valence-corrected chi connectivity index (χ0v) is 11.4. The smallest absolute Gasteiger partial charge is 0.224 e. The largest absolute Gasteiger partial charge is 0.357 e. The van der Waals surface area contributed by atoms with Gasteiger partial charge in [0, 0.05) is 25.2 Å². The lowest BCUT2D eigenvalue weighted by Crippen LogP contribution is -2.00. The summed E-state index contributed by atoms with van der Waals surface area (Å²) >= 11 is 0. The van der Waals surface area contributed by atoms with Crippen LogP contribution >= 0.6 is 0 Å². The molecule has 0 aliphatic carbocycles. The van der Waals surface area contributed by atoms with Gasteiger partial charge in [0.1, 0.15) is 5.82 Å². The highest BCUT2D eigenvalue weighted by Gasteiger charge is 2.06. The minimum Gasteiger partial charge on any atom is -0.357 e. The van der Waals surface area contributed by atoms with Crippen molar-refractivity contribution in [2.45, 2.75) is 4.90 Å². The summed E-state index contributed by atoms with van der Waals surface area (Å²) < 4.78 is 22.7. The summed E-state index contributed by atoms with van der Waals surface area (Å²) in [7, 11) is -1.43. The molecule has 0 radical (unpaired) electrons. The minimum atomic E-state index is -3.17. The first kappa shape index (κ1) is 13.3. The van der Waals surface area contributed by atoms with Crippen LogP contribution in [0.25, 0.3) is 0 Å². The van der Waals surface area contributed by atoms with Gasteiger partial charge in [0.15, 0.2) is 9.84 Å². The molecule has 100 valence electrons. The van der Waals surface area contributed by atoms with Gasteiger partial charge in [-0.1, -0.05) is 0 Å². The lowest BCUT2D eigenvalue weighted by molar-refractivity contribution is 0.602. The molecule has 0 amide bonds. The second-order valence-electron chi connectivity index (χ2n) is 3.94. The zero-order valence-electron chi connectivity index (χ0n) is 10.6. The Kier molecular flexibility index (Phi) is 3.66. The van der Waals surface area contributed by atoms with Crippen LogP contribution in [-0.4, -0.2) is 31.7 Å². The number of rotatable bonds is 4. The van der Waals surface area contributed by atoms with Crippen LogP contribution in [0.5, 0.6) is 0 Å². The molecule has 0 aliphatic rings. The van der Waals surface area contributed by atoms with Crippen molar-refractivity contribution in [2.24, 2.45) is 0 Å². The number of nitrogens with zero attached hydrogens (tertiary/aromatic N) is 2. The van der Waals surface area contributed by atoms with Gasteiger partial charge in [-0.15, -0.1) is 0 Å². The predicted octanol–water partition coefficient (Wildman–Crippen LogP) is 1.67. The summed E-state index contributed by atoms with van der Waals surface area (Å²) in [5, 5.41) is 5.91. The summed E-state index contributed by atoms with van der Waals surface area (Å²) in [5.41, 5.74) is 0.758. The first-order valence-corrected chi connectivity index (χ1v) is 7.46. The molecule has 0 unspecified atom stereocenters. The molecule has 0 bridgehead atoms. The van der Waals surface area contributed by atoms with Crippen molar-refractivity contribution < 1.29 is 8.42 Å². The van der Waals surface area contributed by atoms with Crippen LogP contribution in [0.1, 0.15) is 0 Å². The highest BCUT2D eigenvalue weighted by Crippen LogP contribution is 2.17. The molecule has 7 heteroatoms. The molecule has 2 aromatic rings. The van der Waals surface area contributed by atoms with Gasteiger partial charge in [0.05, 0.1) is 4.90 Å². The van der Waals surface area contributed by atoms with Gasteiger partial charge >= 0.3 is 0 Å². The van der Waals surface area contributed by atoms with Crippen molar-refractivity contribution in [1.82, 2.24) is 9.97 Å². The van der Waals surface area contributed by atoms with E-state index in [0.717, 1.165) is 5.69 Å². The maximum Gasteiger partial charge on any atom is 0.224 e. The Bertz CT molecular complexity index is 668. The first-order valence-electron chi connectivity index (χ1n) is 5.57. The first-order chi connectivity index (χ1) is 8.99. The lowest BCUT2D eigenvalue weighted by Gasteiger charge is -2.07. The second kappa shape index (κ2) is 5.23. The van der Waals surface area contributed by atoms with E-state index in [-0.39, 0.29) is 4.90 Å². The third-order valence-electron chi connectivity index (χ3n) is 2.43. The average molecular weight is 278 g/mol. The fraction of sp³-hybridized carbons (Fsp3) is 0.167. The number of anilines is 3. The Morgan fingerprint density at radius 3 is 2.37 bits per heavy atom. The van der Waals surface area contributed by atoms with Crippen molar-refractivity contribution in [3.8, 4) is 0 Å². The van der Waals surface area contributed by atoms with E-state index in [4.69, 9.17) is 0 Å². The van der Waals surface area contributed by atoms with Crippen molar-refractivity contribution >= 4 is 27.3 Å². The van der Waals surface area contributed by atoms with Crippen LogP contribution in [0.4, 0.5) is 17.5 Å². The van der Waals surface area contributed by atoms with Crippen LogP contribution in [0.3, 0.4) is 0 Å². The molecule has 0 aliphatic heterocycles. The maximum absolute atomic E-state index is 11.3. The molecule has 1 heterocycles. The third-order valence-corrected chi connectivity index (χ3v) is 3.56. The number of hydrogen-bond acceptors (Lipinski definition) is 6. The summed E-state index contributed by atoms with van der Waals surface area (Å²) in [6, 6.07) is 8.22. The van der Waals surface area contributed by atoms with Gasteiger partial charge in [0.25, 0.3) is 0 Å². The van der Waals surface area contributed by atoms with Crippen LogP contribution in [-0.2, 0) is 9.84 Å². The van der Waals surface area contributed by atoms with Crippen molar-refractivity contribution in [1.29, 1.82) is 0 Å². The molecule has 0 saturated carbocycles. The SMILES string of the molecule is CNc1nccc(Nc2ccc(S(C)(=O)=O)cc2)n1. The quantitative estimate of drug-likeness (QED) is 0.885. The van der Waals surface area contributed by atoms with Crippen LogP contribution in [0.2, 0.25) is 0 Å². The molecule has 2 N–H and O–H groups in total. The predicted molar refractivity (Wildman–Crippen MR) is 74.4 cm³/mol. The van der Waals surface area contributed by atoms with Gasteiger partial charge in [-0.2, -0.15) is 4.98 Å². The molecule has 1 aromatic heterocycles. The van der Waals surface area contributed by atoms with E-state index >= 15 is 0 Å². The molecular formula is C12H14N4O2S. The minimum absolute atomic E-state index is 0.289. The van der Waals surface area contributed by atoms with Crippen molar-refractivity contribution in [3.05, 3.63) is 36.5 Å².